The normalized spacial score (nSPS) is 20.2. The van der Waals surface area contributed by atoms with Crippen molar-refractivity contribution in [3.8, 4) is 0 Å². The lowest BCUT2D eigenvalue weighted by Gasteiger charge is -2.38. The maximum atomic E-state index is 4.77. The van der Waals surface area contributed by atoms with Gasteiger partial charge in [0.2, 0.25) is 0 Å². The maximum absolute atomic E-state index is 4.77. The van der Waals surface area contributed by atoms with Crippen molar-refractivity contribution < 1.29 is 4.84 Å². The molecule has 1 saturated heterocycles. The van der Waals surface area contributed by atoms with Crippen LogP contribution in [0.15, 0.2) is 5.16 Å². The Kier molecular flexibility index (Phi) is 3.31. The van der Waals surface area contributed by atoms with E-state index in [9.17, 15) is 0 Å². The quantitative estimate of drug-likeness (QED) is 0.581. The second kappa shape index (κ2) is 4.09. The number of hydrogen-bond donors (Lipinski definition) is 0. The highest BCUT2D eigenvalue weighted by Crippen LogP contribution is 2.18. The van der Waals surface area contributed by atoms with Gasteiger partial charge < -0.3 is 4.84 Å². The highest BCUT2D eigenvalue weighted by Gasteiger charge is 2.24. The van der Waals surface area contributed by atoms with Gasteiger partial charge >= 0.3 is 0 Å². The van der Waals surface area contributed by atoms with Crippen molar-refractivity contribution in [1.82, 2.24) is 4.90 Å². The Labute approximate surface area is 80.7 Å². The Morgan fingerprint density at radius 1 is 1.23 bits per heavy atom. The minimum Gasteiger partial charge on any atom is -0.399 e. The highest BCUT2D eigenvalue weighted by molar-refractivity contribution is 5.84. The van der Waals surface area contributed by atoms with Gasteiger partial charge in [0, 0.05) is 31.5 Å². The van der Waals surface area contributed by atoms with Gasteiger partial charge in [-0.15, -0.1) is 0 Å². The summed E-state index contributed by atoms with van der Waals surface area (Å²) in [4.78, 5) is 7.26. The minimum atomic E-state index is 0.290. The first kappa shape index (κ1) is 10.5. The molecule has 0 aromatic rings. The first-order chi connectivity index (χ1) is 6.04. The average Bonchev–Trinajstić information content (AvgIpc) is 2.04. The van der Waals surface area contributed by atoms with Gasteiger partial charge in [-0.05, 0) is 20.8 Å². The van der Waals surface area contributed by atoms with E-state index in [1.807, 2.05) is 0 Å². The molecule has 13 heavy (non-hydrogen) atoms. The van der Waals surface area contributed by atoms with E-state index in [1.165, 1.54) is 5.71 Å². The van der Waals surface area contributed by atoms with E-state index in [-0.39, 0.29) is 0 Å². The van der Waals surface area contributed by atoms with Crippen LogP contribution in [0.2, 0.25) is 0 Å². The van der Waals surface area contributed by atoms with E-state index < -0.39 is 0 Å². The summed E-state index contributed by atoms with van der Waals surface area (Å²) in [6.45, 7) is 8.97. The van der Waals surface area contributed by atoms with E-state index in [4.69, 9.17) is 4.84 Å². The van der Waals surface area contributed by atoms with Crippen LogP contribution in [0.4, 0.5) is 0 Å². The lowest BCUT2D eigenvalue weighted by Crippen LogP contribution is -2.46. The molecule has 1 aliphatic heterocycles. The SMILES string of the molecule is CON=C1CCN(C(C)(C)C)CC1. The Morgan fingerprint density at radius 2 is 1.77 bits per heavy atom. The lowest BCUT2D eigenvalue weighted by molar-refractivity contribution is 0.133. The Morgan fingerprint density at radius 3 is 2.15 bits per heavy atom. The summed E-state index contributed by atoms with van der Waals surface area (Å²) in [7, 11) is 1.61. The lowest BCUT2D eigenvalue weighted by atomic mass is 10.0. The number of oxime groups is 1. The first-order valence-corrected chi connectivity index (χ1v) is 4.88. The van der Waals surface area contributed by atoms with Crippen LogP contribution in [-0.4, -0.2) is 36.3 Å². The topological polar surface area (TPSA) is 24.8 Å². The highest BCUT2D eigenvalue weighted by atomic mass is 16.6. The maximum Gasteiger partial charge on any atom is 0.106 e. The summed E-state index contributed by atoms with van der Waals surface area (Å²) in [5, 5.41) is 3.99. The molecule has 0 atom stereocenters. The molecule has 0 aromatic heterocycles. The van der Waals surface area contributed by atoms with Crippen molar-refractivity contribution in [2.24, 2.45) is 5.16 Å². The monoisotopic (exact) mass is 184 g/mol. The van der Waals surface area contributed by atoms with E-state index in [0.29, 0.717) is 5.54 Å². The third-order valence-electron chi connectivity index (χ3n) is 2.51. The fourth-order valence-electron chi connectivity index (χ4n) is 1.66. The summed E-state index contributed by atoms with van der Waals surface area (Å²) >= 11 is 0. The molecule has 1 fully saturated rings. The van der Waals surface area contributed by atoms with Gasteiger partial charge in [0.05, 0.1) is 5.71 Å². The van der Waals surface area contributed by atoms with E-state index in [1.54, 1.807) is 7.11 Å². The van der Waals surface area contributed by atoms with Crippen molar-refractivity contribution >= 4 is 5.71 Å². The predicted octanol–water partition coefficient (Wildman–Crippen LogP) is 1.88. The number of hydrogen-bond acceptors (Lipinski definition) is 3. The van der Waals surface area contributed by atoms with Gasteiger partial charge in [-0.1, -0.05) is 5.16 Å². The van der Waals surface area contributed by atoms with Gasteiger partial charge in [0.25, 0.3) is 0 Å². The molecular formula is C10H20N2O. The fourth-order valence-corrected chi connectivity index (χ4v) is 1.66. The summed E-state index contributed by atoms with van der Waals surface area (Å²) < 4.78 is 0. The molecule has 0 unspecified atom stereocenters. The van der Waals surface area contributed by atoms with Crippen molar-refractivity contribution in [1.29, 1.82) is 0 Å². The van der Waals surface area contributed by atoms with Crippen molar-refractivity contribution in [2.45, 2.75) is 39.2 Å². The molecule has 0 radical (unpaired) electrons. The summed E-state index contributed by atoms with van der Waals surface area (Å²) in [6.07, 6.45) is 2.09. The molecule has 1 heterocycles. The Bertz CT molecular complexity index is 184. The van der Waals surface area contributed by atoms with Crippen LogP contribution in [-0.2, 0) is 4.84 Å². The molecule has 3 heteroatoms. The molecule has 0 aromatic carbocycles. The number of piperidine rings is 1. The van der Waals surface area contributed by atoms with Gasteiger partial charge in [-0.25, -0.2) is 0 Å². The minimum absolute atomic E-state index is 0.290. The van der Waals surface area contributed by atoms with Crippen LogP contribution in [0, 0.1) is 0 Å². The largest absolute Gasteiger partial charge is 0.399 e. The third kappa shape index (κ3) is 2.99. The van der Waals surface area contributed by atoms with Crippen LogP contribution >= 0.6 is 0 Å². The first-order valence-electron chi connectivity index (χ1n) is 4.88. The van der Waals surface area contributed by atoms with Crippen molar-refractivity contribution in [2.75, 3.05) is 20.2 Å². The Balaban J connectivity index is 2.44. The van der Waals surface area contributed by atoms with Crippen LogP contribution in [0.25, 0.3) is 0 Å². The van der Waals surface area contributed by atoms with Crippen molar-refractivity contribution in [3.63, 3.8) is 0 Å². The second-order valence-corrected chi connectivity index (χ2v) is 4.50. The molecule has 0 N–H and O–H groups in total. The Hall–Kier alpha value is -0.570. The van der Waals surface area contributed by atoms with Crippen LogP contribution < -0.4 is 0 Å². The fraction of sp³-hybridized carbons (Fsp3) is 0.900. The molecule has 3 nitrogen and oxygen atoms in total. The molecule has 0 aliphatic carbocycles. The predicted molar refractivity (Wildman–Crippen MR) is 55.0 cm³/mol. The number of nitrogens with zero attached hydrogens (tertiary/aromatic N) is 2. The zero-order valence-electron chi connectivity index (χ0n) is 9.13. The van der Waals surface area contributed by atoms with Crippen molar-refractivity contribution in [3.05, 3.63) is 0 Å². The standard InChI is InChI=1S/C10H20N2O/c1-10(2,3)12-7-5-9(6-8-12)11-13-4/h5-8H2,1-4H3. The molecule has 1 rings (SSSR count). The van der Waals surface area contributed by atoms with E-state index >= 15 is 0 Å². The van der Waals surface area contributed by atoms with Gasteiger partial charge in [-0.3, -0.25) is 4.90 Å². The average molecular weight is 184 g/mol. The smallest absolute Gasteiger partial charge is 0.106 e. The molecular weight excluding hydrogens is 164 g/mol. The third-order valence-corrected chi connectivity index (χ3v) is 2.51. The zero-order chi connectivity index (χ0) is 9.90. The molecule has 0 spiro atoms. The molecule has 0 amide bonds. The zero-order valence-corrected chi connectivity index (χ0v) is 9.13. The van der Waals surface area contributed by atoms with Crippen LogP contribution in [0.5, 0.6) is 0 Å². The number of likely N-dealkylation sites (tertiary alicyclic amines) is 1. The number of rotatable bonds is 1. The van der Waals surface area contributed by atoms with E-state index in [2.05, 4.69) is 30.8 Å². The summed E-state index contributed by atoms with van der Waals surface area (Å²) in [5.41, 5.74) is 1.49. The van der Waals surface area contributed by atoms with Crippen LogP contribution in [0.1, 0.15) is 33.6 Å². The second-order valence-electron chi connectivity index (χ2n) is 4.50. The molecule has 0 bridgehead atoms. The molecule has 1 aliphatic rings. The van der Waals surface area contributed by atoms with Gasteiger partial charge in [0.15, 0.2) is 0 Å². The summed E-state index contributed by atoms with van der Waals surface area (Å²) in [6, 6.07) is 0. The molecule has 0 saturated carbocycles. The summed E-state index contributed by atoms with van der Waals surface area (Å²) in [5.74, 6) is 0. The molecule has 76 valence electrons. The van der Waals surface area contributed by atoms with Gasteiger partial charge in [-0.2, -0.15) is 0 Å². The van der Waals surface area contributed by atoms with Gasteiger partial charge in [0.1, 0.15) is 7.11 Å². The van der Waals surface area contributed by atoms with E-state index in [0.717, 1.165) is 25.9 Å². The van der Waals surface area contributed by atoms with Crippen LogP contribution in [0.3, 0.4) is 0 Å².